The summed E-state index contributed by atoms with van der Waals surface area (Å²) in [5, 5.41) is 3.18. The molecule has 1 aromatic rings. The van der Waals surface area contributed by atoms with Gasteiger partial charge in [0.15, 0.2) is 0 Å². The molecule has 1 atom stereocenters. The summed E-state index contributed by atoms with van der Waals surface area (Å²) >= 11 is 0. The fourth-order valence-electron chi connectivity index (χ4n) is 2.14. The molecule has 0 saturated carbocycles. The summed E-state index contributed by atoms with van der Waals surface area (Å²) in [6.45, 7) is 4.08. The first kappa shape index (κ1) is 13.0. The Labute approximate surface area is 105 Å². The monoisotopic (exact) mass is 254 g/mol. The van der Waals surface area contributed by atoms with Crippen LogP contribution >= 0.6 is 0 Å². The quantitative estimate of drug-likeness (QED) is 0.863. The third-order valence-electron chi connectivity index (χ3n) is 3.18. The van der Waals surface area contributed by atoms with E-state index in [0.29, 0.717) is 6.54 Å². The van der Waals surface area contributed by atoms with Gasteiger partial charge in [0.2, 0.25) is 5.91 Å². The maximum absolute atomic E-state index is 13.5. The minimum Gasteiger partial charge on any atom is -0.337 e. The first-order chi connectivity index (χ1) is 8.58. The molecule has 1 aromatic carbocycles. The Morgan fingerprint density at radius 1 is 1.50 bits per heavy atom. The van der Waals surface area contributed by atoms with Gasteiger partial charge in [-0.3, -0.25) is 4.79 Å². The van der Waals surface area contributed by atoms with Crippen LogP contribution in [0.25, 0.3) is 0 Å². The lowest BCUT2D eigenvalue weighted by molar-refractivity contribution is -0.133. The van der Waals surface area contributed by atoms with E-state index in [4.69, 9.17) is 0 Å². The highest BCUT2D eigenvalue weighted by Crippen LogP contribution is 2.13. The molecule has 0 spiro atoms. The van der Waals surface area contributed by atoms with Crippen molar-refractivity contribution in [1.29, 1.82) is 0 Å². The highest BCUT2D eigenvalue weighted by molar-refractivity contribution is 5.79. The molecule has 0 aliphatic carbocycles. The Morgan fingerprint density at radius 3 is 2.94 bits per heavy atom. The van der Waals surface area contributed by atoms with E-state index in [1.165, 1.54) is 12.1 Å². The van der Waals surface area contributed by atoms with Crippen molar-refractivity contribution in [3.63, 3.8) is 0 Å². The molecule has 0 radical (unpaired) electrons. The van der Waals surface area contributed by atoms with Gasteiger partial charge in [0.25, 0.3) is 0 Å². The zero-order valence-corrected chi connectivity index (χ0v) is 10.2. The zero-order valence-electron chi connectivity index (χ0n) is 10.2. The normalized spacial score (nSPS) is 19.9. The summed E-state index contributed by atoms with van der Waals surface area (Å²) in [4.78, 5) is 13.8. The first-order valence-electron chi connectivity index (χ1n) is 6.02. The van der Waals surface area contributed by atoms with Crippen molar-refractivity contribution < 1.29 is 13.6 Å². The van der Waals surface area contributed by atoms with Gasteiger partial charge >= 0.3 is 0 Å². The molecule has 3 nitrogen and oxygen atoms in total. The largest absolute Gasteiger partial charge is 0.337 e. The molecule has 1 heterocycles. The Bertz CT molecular complexity index is 451. The van der Waals surface area contributed by atoms with Crippen LogP contribution in [-0.2, 0) is 11.2 Å². The number of hydrogen-bond acceptors (Lipinski definition) is 2. The summed E-state index contributed by atoms with van der Waals surface area (Å²) in [5.41, 5.74) is 0.243. The topological polar surface area (TPSA) is 32.3 Å². The molecular weight excluding hydrogens is 238 g/mol. The van der Waals surface area contributed by atoms with Crippen LogP contribution in [0.4, 0.5) is 8.78 Å². The van der Waals surface area contributed by atoms with E-state index in [1.54, 1.807) is 4.90 Å². The highest BCUT2D eigenvalue weighted by Gasteiger charge is 2.23. The van der Waals surface area contributed by atoms with Gasteiger partial charge in [0.1, 0.15) is 11.6 Å². The molecule has 98 valence electrons. The first-order valence-corrected chi connectivity index (χ1v) is 6.02. The van der Waals surface area contributed by atoms with Gasteiger partial charge in [0.05, 0.1) is 6.42 Å². The summed E-state index contributed by atoms with van der Waals surface area (Å²) in [6, 6.07) is 3.42. The van der Waals surface area contributed by atoms with E-state index < -0.39 is 11.6 Å². The standard InChI is InChI=1S/C13H16F2N2O/c1-9-8-16-4-5-17(9)13(18)6-10-2-3-11(14)7-12(10)15/h2-3,7,9,16H,4-6,8H2,1H3. The molecular formula is C13H16F2N2O. The predicted octanol–water partition coefficient (Wildman–Crippen LogP) is 1.33. The Hall–Kier alpha value is -1.49. The molecule has 18 heavy (non-hydrogen) atoms. The number of nitrogens with one attached hydrogen (secondary N) is 1. The van der Waals surface area contributed by atoms with Gasteiger partial charge in [-0.15, -0.1) is 0 Å². The molecule has 1 unspecified atom stereocenters. The number of carbonyl (C=O) groups excluding carboxylic acids is 1. The average Bonchev–Trinajstić information content (AvgIpc) is 2.33. The average molecular weight is 254 g/mol. The third kappa shape index (κ3) is 2.85. The Balaban J connectivity index is 2.06. The second-order valence-electron chi connectivity index (χ2n) is 4.55. The fraction of sp³-hybridized carbons (Fsp3) is 0.462. The van der Waals surface area contributed by atoms with Gasteiger partial charge in [-0.05, 0) is 18.6 Å². The maximum Gasteiger partial charge on any atom is 0.227 e. The number of nitrogens with zero attached hydrogens (tertiary/aromatic N) is 1. The van der Waals surface area contributed by atoms with E-state index in [2.05, 4.69) is 5.32 Å². The number of halogens is 2. The molecule has 1 aliphatic heterocycles. The van der Waals surface area contributed by atoms with Crippen LogP contribution in [0, 0.1) is 11.6 Å². The maximum atomic E-state index is 13.5. The number of amides is 1. The van der Waals surface area contributed by atoms with Crippen LogP contribution in [0.1, 0.15) is 12.5 Å². The van der Waals surface area contributed by atoms with Gasteiger partial charge < -0.3 is 10.2 Å². The fourth-order valence-corrected chi connectivity index (χ4v) is 2.14. The van der Waals surface area contributed by atoms with Crippen LogP contribution in [0.15, 0.2) is 18.2 Å². The molecule has 1 N–H and O–H groups in total. The summed E-state index contributed by atoms with van der Waals surface area (Å²) in [5.74, 6) is -1.40. The van der Waals surface area contributed by atoms with Crippen molar-refractivity contribution >= 4 is 5.91 Å². The smallest absolute Gasteiger partial charge is 0.227 e. The van der Waals surface area contributed by atoms with Crippen molar-refractivity contribution in [2.75, 3.05) is 19.6 Å². The van der Waals surface area contributed by atoms with E-state index in [-0.39, 0.29) is 23.9 Å². The van der Waals surface area contributed by atoms with Crippen molar-refractivity contribution in [1.82, 2.24) is 10.2 Å². The van der Waals surface area contributed by atoms with Crippen molar-refractivity contribution in [3.05, 3.63) is 35.4 Å². The minimum absolute atomic E-state index is 0.0174. The molecule has 2 rings (SSSR count). The van der Waals surface area contributed by atoms with E-state index in [1.807, 2.05) is 6.92 Å². The number of hydrogen-bond donors (Lipinski definition) is 1. The molecule has 5 heteroatoms. The summed E-state index contributed by atoms with van der Waals surface area (Å²) < 4.78 is 26.2. The van der Waals surface area contributed by atoms with Crippen LogP contribution in [0.2, 0.25) is 0 Å². The molecule has 1 aliphatic rings. The Morgan fingerprint density at radius 2 is 2.28 bits per heavy atom. The van der Waals surface area contributed by atoms with Gasteiger partial charge in [-0.1, -0.05) is 6.07 Å². The van der Waals surface area contributed by atoms with Gasteiger partial charge in [-0.25, -0.2) is 8.78 Å². The number of benzene rings is 1. The third-order valence-corrected chi connectivity index (χ3v) is 3.18. The van der Waals surface area contributed by atoms with Crippen LogP contribution in [-0.4, -0.2) is 36.5 Å². The second-order valence-corrected chi connectivity index (χ2v) is 4.55. The molecule has 0 aromatic heterocycles. The van der Waals surface area contributed by atoms with Crippen molar-refractivity contribution in [2.45, 2.75) is 19.4 Å². The van der Waals surface area contributed by atoms with Gasteiger partial charge in [-0.2, -0.15) is 0 Å². The summed E-state index contributed by atoms with van der Waals surface area (Å²) in [7, 11) is 0. The lowest BCUT2D eigenvalue weighted by Gasteiger charge is -2.34. The van der Waals surface area contributed by atoms with Gasteiger partial charge in [0, 0.05) is 31.7 Å². The van der Waals surface area contributed by atoms with E-state index in [0.717, 1.165) is 19.2 Å². The minimum atomic E-state index is -0.661. The lowest BCUT2D eigenvalue weighted by atomic mass is 10.1. The van der Waals surface area contributed by atoms with Crippen molar-refractivity contribution in [3.8, 4) is 0 Å². The zero-order chi connectivity index (χ0) is 13.1. The number of piperazine rings is 1. The van der Waals surface area contributed by atoms with E-state index >= 15 is 0 Å². The Kier molecular flexibility index (Phi) is 3.91. The van der Waals surface area contributed by atoms with E-state index in [9.17, 15) is 13.6 Å². The van der Waals surface area contributed by atoms with Crippen LogP contribution in [0.5, 0.6) is 0 Å². The number of carbonyl (C=O) groups is 1. The summed E-state index contributed by atoms with van der Waals surface area (Å²) in [6.07, 6.45) is -0.0174. The van der Waals surface area contributed by atoms with Crippen LogP contribution in [0.3, 0.4) is 0 Å². The lowest BCUT2D eigenvalue weighted by Crippen LogP contribution is -2.52. The number of rotatable bonds is 2. The molecule has 1 amide bonds. The van der Waals surface area contributed by atoms with Crippen molar-refractivity contribution in [2.24, 2.45) is 0 Å². The predicted molar refractivity (Wildman–Crippen MR) is 64.1 cm³/mol. The second kappa shape index (κ2) is 5.44. The SMILES string of the molecule is CC1CNCCN1C(=O)Cc1ccc(F)cc1F. The molecule has 1 saturated heterocycles. The molecule has 1 fully saturated rings. The highest BCUT2D eigenvalue weighted by atomic mass is 19.1. The molecule has 0 bridgehead atoms. The van der Waals surface area contributed by atoms with Crippen LogP contribution < -0.4 is 5.32 Å².